The van der Waals surface area contributed by atoms with Crippen LogP contribution in [0.25, 0.3) is 0 Å². The maximum Gasteiger partial charge on any atom is 0.416 e. The Labute approximate surface area is 191 Å². The second-order valence-corrected chi connectivity index (χ2v) is 9.94. The minimum absolute atomic E-state index is 0.0211. The summed E-state index contributed by atoms with van der Waals surface area (Å²) < 4.78 is 73.1. The Hall–Kier alpha value is -2.91. The van der Waals surface area contributed by atoms with Crippen molar-refractivity contribution in [3.63, 3.8) is 0 Å². The van der Waals surface area contributed by atoms with E-state index in [0.717, 1.165) is 16.4 Å². The van der Waals surface area contributed by atoms with Crippen LogP contribution in [0.1, 0.15) is 30.5 Å². The van der Waals surface area contributed by atoms with Gasteiger partial charge in [0.05, 0.1) is 17.1 Å². The molecule has 3 rings (SSSR count). The van der Waals surface area contributed by atoms with Gasteiger partial charge in [-0.05, 0) is 59.5 Å². The number of benzene rings is 2. The maximum atomic E-state index is 13.4. The number of sulfonamides is 1. The van der Waals surface area contributed by atoms with Gasteiger partial charge in [-0.2, -0.15) is 17.5 Å². The summed E-state index contributed by atoms with van der Waals surface area (Å²) in [4.78, 5) is 3.51. The van der Waals surface area contributed by atoms with Gasteiger partial charge in [-0.1, -0.05) is 32.0 Å². The lowest BCUT2D eigenvalue weighted by Gasteiger charge is -2.23. The van der Waals surface area contributed by atoms with Gasteiger partial charge < -0.3 is 4.74 Å². The molecule has 5 nitrogen and oxygen atoms in total. The molecule has 33 heavy (non-hydrogen) atoms. The van der Waals surface area contributed by atoms with E-state index in [4.69, 9.17) is 4.74 Å². The van der Waals surface area contributed by atoms with Gasteiger partial charge in [0.25, 0.3) is 0 Å². The number of alkyl halides is 3. The molecule has 0 aliphatic rings. The Kier molecular flexibility index (Phi) is 7.76. The average Bonchev–Trinajstić information content (AvgIpc) is 2.78. The van der Waals surface area contributed by atoms with Crippen LogP contribution in [0.4, 0.5) is 13.2 Å². The minimum Gasteiger partial charge on any atom is -0.493 e. The van der Waals surface area contributed by atoms with Crippen molar-refractivity contribution in [1.29, 1.82) is 0 Å². The summed E-state index contributed by atoms with van der Waals surface area (Å²) in [6.45, 7) is 4.57. The van der Waals surface area contributed by atoms with E-state index < -0.39 is 26.7 Å². The summed E-state index contributed by atoms with van der Waals surface area (Å²) in [7, 11) is -4.23. The van der Waals surface area contributed by atoms with Crippen molar-refractivity contribution in [2.45, 2.75) is 38.0 Å². The number of hydrogen-bond acceptors (Lipinski definition) is 4. The average molecular weight is 479 g/mol. The fourth-order valence-corrected chi connectivity index (χ4v) is 4.52. The lowest BCUT2D eigenvalue weighted by atomic mass is 10.2. The van der Waals surface area contributed by atoms with Crippen molar-refractivity contribution < 1.29 is 26.3 Å². The first-order valence-corrected chi connectivity index (χ1v) is 11.8. The molecule has 0 unspecified atom stereocenters. The molecular weight excluding hydrogens is 453 g/mol. The van der Waals surface area contributed by atoms with Gasteiger partial charge in [0, 0.05) is 25.5 Å². The third-order valence-electron chi connectivity index (χ3n) is 4.77. The van der Waals surface area contributed by atoms with Crippen LogP contribution in [0, 0.1) is 5.92 Å². The Morgan fingerprint density at radius 3 is 2.12 bits per heavy atom. The molecule has 0 radical (unpaired) electrons. The van der Waals surface area contributed by atoms with E-state index in [0.29, 0.717) is 35.5 Å². The quantitative estimate of drug-likeness (QED) is 0.406. The normalized spacial score (nSPS) is 12.3. The van der Waals surface area contributed by atoms with Crippen molar-refractivity contribution in [3.8, 4) is 5.75 Å². The molecule has 9 heteroatoms. The molecule has 0 atom stereocenters. The van der Waals surface area contributed by atoms with Gasteiger partial charge in [-0.25, -0.2) is 8.42 Å². The summed E-state index contributed by atoms with van der Waals surface area (Å²) in [6.07, 6.45) is -1.58. The molecule has 3 aromatic rings. The molecule has 0 fully saturated rings. The Bertz CT molecular complexity index is 1150. The lowest BCUT2D eigenvalue weighted by Crippen LogP contribution is -2.30. The van der Waals surface area contributed by atoms with Gasteiger partial charge in [0.2, 0.25) is 10.0 Å². The summed E-state index contributed by atoms with van der Waals surface area (Å²) >= 11 is 0. The SMILES string of the molecule is CC(C)COc1ccc(CN(Cc2ccncc2)S(=O)(=O)c2cccc(C(F)(F)F)c2)cc1. The molecule has 0 aliphatic heterocycles. The van der Waals surface area contributed by atoms with Crippen LogP contribution in [0.5, 0.6) is 5.75 Å². The van der Waals surface area contributed by atoms with E-state index >= 15 is 0 Å². The molecule has 1 heterocycles. The second kappa shape index (κ2) is 10.4. The molecule has 2 aromatic carbocycles. The minimum atomic E-state index is -4.65. The predicted octanol–water partition coefficient (Wildman–Crippen LogP) is 5.53. The molecule has 0 bridgehead atoms. The summed E-state index contributed by atoms with van der Waals surface area (Å²) in [6, 6.07) is 14.1. The van der Waals surface area contributed by atoms with E-state index in [-0.39, 0.29) is 13.1 Å². The van der Waals surface area contributed by atoms with Gasteiger partial charge >= 0.3 is 6.18 Å². The second-order valence-electron chi connectivity index (χ2n) is 8.00. The smallest absolute Gasteiger partial charge is 0.416 e. The van der Waals surface area contributed by atoms with Crippen LogP contribution in [0.15, 0.2) is 78.0 Å². The van der Waals surface area contributed by atoms with Crippen LogP contribution in [-0.4, -0.2) is 24.3 Å². The number of halogens is 3. The van der Waals surface area contributed by atoms with Crippen molar-refractivity contribution in [3.05, 3.63) is 89.7 Å². The van der Waals surface area contributed by atoms with Crippen molar-refractivity contribution in [1.82, 2.24) is 9.29 Å². The van der Waals surface area contributed by atoms with Gasteiger partial charge in [-0.15, -0.1) is 0 Å². The Morgan fingerprint density at radius 1 is 0.939 bits per heavy atom. The third-order valence-corrected chi connectivity index (χ3v) is 6.56. The van der Waals surface area contributed by atoms with Crippen LogP contribution >= 0.6 is 0 Å². The predicted molar refractivity (Wildman–Crippen MR) is 119 cm³/mol. The molecule has 176 valence electrons. The lowest BCUT2D eigenvalue weighted by molar-refractivity contribution is -0.137. The Balaban J connectivity index is 1.91. The van der Waals surface area contributed by atoms with E-state index in [1.165, 1.54) is 18.5 Å². The number of ether oxygens (including phenoxy) is 1. The highest BCUT2D eigenvalue weighted by molar-refractivity contribution is 7.89. The molecule has 0 spiro atoms. The van der Waals surface area contributed by atoms with Crippen LogP contribution in [0.3, 0.4) is 0 Å². The molecule has 0 saturated carbocycles. The monoisotopic (exact) mass is 478 g/mol. The van der Waals surface area contributed by atoms with Gasteiger partial charge in [0.1, 0.15) is 5.75 Å². The summed E-state index contributed by atoms with van der Waals surface area (Å²) in [5.41, 5.74) is 0.327. The highest BCUT2D eigenvalue weighted by Gasteiger charge is 2.33. The Morgan fingerprint density at radius 2 is 1.55 bits per heavy atom. The first kappa shape index (κ1) is 24.7. The van der Waals surface area contributed by atoms with Crippen LogP contribution in [0.2, 0.25) is 0 Å². The topological polar surface area (TPSA) is 59.5 Å². The molecule has 0 aliphatic carbocycles. The summed E-state index contributed by atoms with van der Waals surface area (Å²) in [5.74, 6) is 1.02. The highest BCUT2D eigenvalue weighted by Crippen LogP contribution is 2.32. The van der Waals surface area contributed by atoms with Crippen molar-refractivity contribution >= 4 is 10.0 Å². The molecule has 0 N–H and O–H groups in total. The zero-order valence-electron chi connectivity index (χ0n) is 18.3. The fraction of sp³-hybridized carbons (Fsp3) is 0.292. The van der Waals surface area contributed by atoms with Crippen molar-refractivity contribution in [2.75, 3.05) is 6.61 Å². The van der Waals surface area contributed by atoms with E-state index in [1.807, 2.05) is 13.8 Å². The number of pyridine rings is 1. The first-order chi connectivity index (χ1) is 15.6. The fourth-order valence-electron chi connectivity index (χ4n) is 3.06. The standard InChI is InChI=1S/C24H25F3N2O3S/c1-18(2)17-32-22-8-6-19(7-9-22)15-29(16-20-10-12-28-13-11-20)33(30,31)23-5-3-4-21(14-23)24(25,26)27/h3-14,18H,15-17H2,1-2H3. The van der Waals surface area contributed by atoms with Crippen molar-refractivity contribution in [2.24, 2.45) is 5.92 Å². The van der Waals surface area contributed by atoms with E-state index in [2.05, 4.69) is 4.98 Å². The van der Waals surface area contributed by atoms with E-state index in [9.17, 15) is 21.6 Å². The van der Waals surface area contributed by atoms with Gasteiger partial charge in [-0.3, -0.25) is 4.98 Å². The first-order valence-electron chi connectivity index (χ1n) is 10.3. The summed E-state index contributed by atoms with van der Waals surface area (Å²) in [5, 5.41) is 0. The zero-order chi connectivity index (χ0) is 24.1. The van der Waals surface area contributed by atoms with Gasteiger partial charge in [0.15, 0.2) is 0 Å². The third kappa shape index (κ3) is 6.79. The molecule has 0 amide bonds. The molecule has 1 aromatic heterocycles. The van der Waals surface area contributed by atoms with E-state index in [1.54, 1.807) is 36.4 Å². The molecule has 0 saturated heterocycles. The number of nitrogens with zero attached hydrogens (tertiary/aromatic N) is 2. The maximum absolute atomic E-state index is 13.4. The number of rotatable bonds is 9. The highest BCUT2D eigenvalue weighted by atomic mass is 32.2. The number of hydrogen-bond donors (Lipinski definition) is 0. The number of aromatic nitrogens is 1. The van der Waals surface area contributed by atoms with Crippen LogP contribution < -0.4 is 4.74 Å². The van der Waals surface area contributed by atoms with Crippen LogP contribution in [-0.2, 0) is 29.3 Å². The zero-order valence-corrected chi connectivity index (χ0v) is 19.1. The molecular formula is C24H25F3N2O3S. The largest absolute Gasteiger partial charge is 0.493 e.